The van der Waals surface area contributed by atoms with Crippen molar-refractivity contribution >= 4 is 46.2 Å². The van der Waals surface area contributed by atoms with Crippen molar-refractivity contribution in [2.24, 2.45) is 0 Å². The Morgan fingerprint density at radius 2 is 1.85 bits per heavy atom. The summed E-state index contributed by atoms with van der Waals surface area (Å²) >= 11 is 11.8. The van der Waals surface area contributed by atoms with Gasteiger partial charge in [-0.2, -0.15) is 0 Å². The molecule has 2 aromatic carbocycles. The monoisotopic (exact) mass is 314 g/mol. The molecule has 0 radical (unpaired) electrons. The molecule has 0 aromatic heterocycles. The third-order valence-corrected chi connectivity index (χ3v) is 3.15. The number of rotatable bonds is 3. The molecule has 20 heavy (non-hydrogen) atoms. The van der Waals surface area contributed by atoms with Crippen molar-refractivity contribution in [3.05, 3.63) is 51.8 Å². The highest BCUT2D eigenvalue weighted by Crippen LogP contribution is 2.32. The van der Waals surface area contributed by atoms with Gasteiger partial charge in [0.15, 0.2) is 0 Å². The molecule has 0 aliphatic heterocycles. The maximum atomic E-state index is 13.3. The van der Waals surface area contributed by atoms with Gasteiger partial charge >= 0.3 is 5.97 Å². The third kappa shape index (κ3) is 2.79. The summed E-state index contributed by atoms with van der Waals surface area (Å²) in [6, 6.07) is 7.02. The lowest BCUT2D eigenvalue weighted by molar-refractivity contribution is 0.0698. The van der Waals surface area contributed by atoms with Crippen LogP contribution in [0.3, 0.4) is 0 Å². The molecule has 2 rings (SSSR count). The van der Waals surface area contributed by atoms with E-state index < -0.39 is 17.5 Å². The van der Waals surface area contributed by atoms with E-state index in [0.717, 1.165) is 6.07 Å². The second-order valence-corrected chi connectivity index (χ2v) is 4.78. The average Bonchev–Trinajstić information content (AvgIpc) is 2.36. The standard InChI is InChI=1S/C13H9Cl2FN2O2/c14-6-1-3-9(7(15)5-6)18-10-4-2-8(16)12(17)11(10)13(19)20/h1-5,18H,17H2,(H,19,20). The van der Waals surface area contributed by atoms with Gasteiger partial charge in [-0.3, -0.25) is 0 Å². The maximum absolute atomic E-state index is 13.3. The van der Waals surface area contributed by atoms with Gasteiger partial charge in [-0.25, -0.2) is 9.18 Å². The smallest absolute Gasteiger partial charge is 0.340 e. The van der Waals surface area contributed by atoms with Gasteiger partial charge in [0.25, 0.3) is 0 Å². The number of halogens is 3. The van der Waals surface area contributed by atoms with Crippen LogP contribution in [0.15, 0.2) is 30.3 Å². The molecule has 104 valence electrons. The molecule has 0 atom stereocenters. The Morgan fingerprint density at radius 3 is 2.45 bits per heavy atom. The minimum atomic E-state index is -1.34. The summed E-state index contributed by atoms with van der Waals surface area (Å²) in [4.78, 5) is 11.2. The Morgan fingerprint density at radius 1 is 1.20 bits per heavy atom. The highest BCUT2D eigenvalue weighted by atomic mass is 35.5. The second kappa shape index (κ2) is 5.56. The summed E-state index contributed by atoms with van der Waals surface area (Å²) < 4.78 is 13.3. The van der Waals surface area contributed by atoms with Gasteiger partial charge in [0, 0.05) is 5.02 Å². The Hall–Kier alpha value is -1.98. The van der Waals surface area contributed by atoms with Crippen molar-refractivity contribution in [2.45, 2.75) is 0 Å². The highest BCUT2D eigenvalue weighted by molar-refractivity contribution is 6.36. The predicted octanol–water partition coefficient (Wildman–Crippen LogP) is 4.16. The Kier molecular flexibility index (Phi) is 4.01. The van der Waals surface area contributed by atoms with E-state index >= 15 is 0 Å². The zero-order chi connectivity index (χ0) is 14.9. The van der Waals surface area contributed by atoms with Crippen molar-refractivity contribution in [1.82, 2.24) is 0 Å². The number of anilines is 3. The van der Waals surface area contributed by atoms with E-state index in [1.807, 2.05) is 0 Å². The lowest BCUT2D eigenvalue weighted by Crippen LogP contribution is -2.08. The topological polar surface area (TPSA) is 75.3 Å². The van der Waals surface area contributed by atoms with E-state index in [-0.39, 0.29) is 11.3 Å². The first-order valence-corrected chi connectivity index (χ1v) is 6.19. The Bertz CT molecular complexity index is 692. The molecule has 0 aliphatic rings. The number of aromatic carboxylic acids is 1. The van der Waals surface area contributed by atoms with E-state index in [1.54, 1.807) is 12.1 Å². The van der Waals surface area contributed by atoms with Crippen LogP contribution in [0.1, 0.15) is 10.4 Å². The summed E-state index contributed by atoms with van der Waals surface area (Å²) in [5.41, 5.74) is 5.24. The number of benzene rings is 2. The molecule has 0 heterocycles. The molecule has 0 fully saturated rings. The van der Waals surface area contributed by atoms with E-state index in [0.29, 0.717) is 15.7 Å². The van der Waals surface area contributed by atoms with Crippen LogP contribution < -0.4 is 11.1 Å². The fourth-order valence-electron chi connectivity index (χ4n) is 1.66. The van der Waals surface area contributed by atoms with Crippen molar-refractivity contribution in [3.8, 4) is 0 Å². The van der Waals surface area contributed by atoms with Crippen LogP contribution in [0.5, 0.6) is 0 Å². The summed E-state index contributed by atoms with van der Waals surface area (Å²) in [5, 5.41) is 12.7. The highest BCUT2D eigenvalue weighted by Gasteiger charge is 2.18. The minimum Gasteiger partial charge on any atom is -0.478 e. The first-order valence-electron chi connectivity index (χ1n) is 5.43. The lowest BCUT2D eigenvalue weighted by atomic mass is 10.1. The van der Waals surface area contributed by atoms with Gasteiger partial charge in [-0.1, -0.05) is 23.2 Å². The van der Waals surface area contributed by atoms with Crippen LogP contribution in [-0.2, 0) is 0 Å². The number of hydrogen-bond donors (Lipinski definition) is 3. The number of hydrogen-bond acceptors (Lipinski definition) is 3. The molecule has 4 N–H and O–H groups in total. The molecule has 0 spiro atoms. The van der Waals surface area contributed by atoms with Crippen molar-refractivity contribution in [3.63, 3.8) is 0 Å². The third-order valence-electron chi connectivity index (χ3n) is 2.61. The molecule has 4 nitrogen and oxygen atoms in total. The van der Waals surface area contributed by atoms with Crippen LogP contribution in [0.25, 0.3) is 0 Å². The normalized spacial score (nSPS) is 10.3. The first kappa shape index (κ1) is 14.4. The van der Waals surface area contributed by atoms with Crippen LogP contribution in [0.4, 0.5) is 21.5 Å². The van der Waals surface area contributed by atoms with Gasteiger partial charge in [-0.05, 0) is 30.3 Å². The fourth-order valence-corrected chi connectivity index (χ4v) is 2.12. The van der Waals surface area contributed by atoms with Gasteiger partial charge in [0.1, 0.15) is 11.4 Å². The molecule has 7 heteroatoms. The molecule has 0 amide bonds. The molecule has 0 unspecified atom stereocenters. The molecule has 0 bridgehead atoms. The molecule has 0 aliphatic carbocycles. The van der Waals surface area contributed by atoms with E-state index in [4.69, 9.17) is 34.0 Å². The quantitative estimate of drug-likeness (QED) is 0.744. The summed E-state index contributed by atoms with van der Waals surface area (Å²) in [6.07, 6.45) is 0. The molecule has 0 saturated heterocycles. The molecular formula is C13H9Cl2FN2O2. The zero-order valence-corrected chi connectivity index (χ0v) is 11.5. The van der Waals surface area contributed by atoms with Gasteiger partial charge in [0.05, 0.1) is 22.1 Å². The summed E-state index contributed by atoms with van der Waals surface area (Å²) in [7, 11) is 0. The largest absolute Gasteiger partial charge is 0.478 e. The number of nitrogen functional groups attached to an aromatic ring is 1. The maximum Gasteiger partial charge on any atom is 0.340 e. The zero-order valence-electron chi connectivity index (χ0n) is 9.95. The van der Waals surface area contributed by atoms with Crippen LogP contribution in [0.2, 0.25) is 10.0 Å². The van der Waals surface area contributed by atoms with E-state index in [1.165, 1.54) is 12.1 Å². The number of nitrogens with one attached hydrogen (secondary N) is 1. The number of carboxylic acid groups (broad SMARTS) is 1. The Labute approximate surface area is 123 Å². The SMILES string of the molecule is Nc1c(F)ccc(Nc2ccc(Cl)cc2Cl)c1C(=O)O. The van der Waals surface area contributed by atoms with Crippen LogP contribution in [0, 0.1) is 5.82 Å². The van der Waals surface area contributed by atoms with Gasteiger partial charge in [-0.15, -0.1) is 0 Å². The van der Waals surface area contributed by atoms with Crippen LogP contribution >= 0.6 is 23.2 Å². The number of nitrogens with two attached hydrogens (primary N) is 1. The number of carbonyl (C=O) groups is 1. The van der Waals surface area contributed by atoms with E-state index in [2.05, 4.69) is 5.32 Å². The fraction of sp³-hybridized carbons (Fsp3) is 0. The average molecular weight is 315 g/mol. The molecular weight excluding hydrogens is 306 g/mol. The van der Waals surface area contributed by atoms with Crippen molar-refractivity contribution in [2.75, 3.05) is 11.1 Å². The van der Waals surface area contributed by atoms with Crippen molar-refractivity contribution in [1.29, 1.82) is 0 Å². The summed E-state index contributed by atoms with van der Waals surface area (Å²) in [6.45, 7) is 0. The Balaban J connectivity index is 2.48. The number of carboxylic acids is 1. The summed E-state index contributed by atoms with van der Waals surface area (Å²) in [5.74, 6) is -2.13. The van der Waals surface area contributed by atoms with Crippen molar-refractivity contribution < 1.29 is 14.3 Å². The predicted molar refractivity (Wildman–Crippen MR) is 77.5 cm³/mol. The van der Waals surface area contributed by atoms with E-state index in [9.17, 15) is 9.18 Å². The van der Waals surface area contributed by atoms with Crippen LogP contribution in [-0.4, -0.2) is 11.1 Å². The second-order valence-electron chi connectivity index (χ2n) is 3.94. The first-order chi connectivity index (χ1) is 9.40. The van der Waals surface area contributed by atoms with Gasteiger partial charge in [0.2, 0.25) is 0 Å². The molecule has 2 aromatic rings. The minimum absolute atomic E-state index is 0.139. The van der Waals surface area contributed by atoms with Gasteiger partial charge < -0.3 is 16.2 Å². The molecule has 0 saturated carbocycles. The lowest BCUT2D eigenvalue weighted by Gasteiger charge is -2.13.